The summed E-state index contributed by atoms with van der Waals surface area (Å²) in [6.45, 7) is 11.6. The van der Waals surface area contributed by atoms with Crippen molar-refractivity contribution in [1.82, 2.24) is 5.32 Å². The van der Waals surface area contributed by atoms with Crippen LogP contribution in [0.2, 0.25) is 0 Å². The molecule has 0 aliphatic heterocycles. The van der Waals surface area contributed by atoms with Gasteiger partial charge in [-0.3, -0.25) is 0 Å². The van der Waals surface area contributed by atoms with E-state index in [1.54, 1.807) is 0 Å². The Hall–Kier alpha value is -0.820. The van der Waals surface area contributed by atoms with Crippen molar-refractivity contribution in [1.29, 1.82) is 0 Å². The predicted octanol–water partition coefficient (Wildman–Crippen LogP) is 6.11. The summed E-state index contributed by atoms with van der Waals surface area (Å²) < 4.78 is 0. The quantitative estimate of drug-likeness (QED) is 0.541. The molecule has 1 nitrogen and oxygen atoms in total. The first-order valence-electron chi connectivity index (χ1n) is 8.73. The summed E-state index contributed by atoms with van der Waals surface area (Å²) >= 11 is 0. The Morgan fingerprint density at radius 3 is 2.24 bits per heavy atom. The number of hydrogen-bond acceptors (Lipinski definition) is 1. The molecule has 0 fully saturated rings. The highest BCUT2D eigenvalue weighted by Gasteiger charge is 2.21. The molecule has 0 saturated heterocycles. The maximum Gasteiger partial charge on any atom is 0.0327 e. The number of unbranched alkanes of at least 4 members (excludes halogenated alkanes) is 3. The van der Waals surface area contributed by atoms with E-state index in [2.05, 4.69) is 70.3 Å². The molecule has 1 aromatic carbocycles. The molecular formula is C20H35N. The van der Waals surface area contributed by atoms with Crippen molar-refractivity contribution in [2.75, 3.05) is 0 Å². The van der Waals surface area contributed by atoms with Crippen molar-refractivity contribution in [3.63, 3.8) is 0 Å². The summed E-state index contributed by atoms with van der Waals surface area (Å²) in [6, 6.07) is 12.0. The molecule has 0 saturated carbocycles. The van der Waals surface area contributed by atoms with Gasteiger partial charge in [0.15, 0.2) is 0 Å². The Labute approximate surface area is 132 Å². The van der Waals surface area contributed by atoms with Crippen LogP contribution in [0, 0.1) is 5.41 Å². The van der Waals surface area contributed by atoms with Gasteiger partial charge in [-0.1, -0.05) is 83.7 Å². The highest BCUT2D eigenvalue weighted by molar-refractivity contribution is 5.19. The Balaban J connectivity index is 2.57. The largest absolute Gasteiger partial charge is 0.307 e. The second kappa shape index (κ2) is 9.25. The summed E-state index contributed by atoms with van der Waals surface area (Å²) in [5.41, 5.74) is 1.77. The van der Waals surface area contributed by atoms with Gasteiger partial charge in [0.1, 0.15) is 0 Å². The number of benzene rings is 1. The molecule has 0 radical (unpaired) electrons. The van der Waals surface area contributed by atoms with Crippen LogP contribution in [0.3, 0.4) is 0 Å². The molecule has 0 amide bonds. The predicted molar refractivity (Wildman–Crippen MR) is 94.6 cm³/mol. The average molecular weight is 290 g/mol. The summed E-state index contributed by atoms with van der Waals surface area (Å²) in [5.74, 6) is 0. The van der Waals surface area contributed by atoms with E-state index in [0.29, 0.717) is 17.5 Å². The van der Waals surface area contributed by atoms with Gasteiger partial charge in [-0.05, 0) is 30.7 Å². The molecule has 0 bridgehead atoms. The third-order valence-electron chi connectivity index (χ3n) is 3.99. The Morgan fingerprint density at radius 1 is 1.00 bits per heavy atom. The monoisotopic (exact) mass is 289 g/mol. The van der Waals surface area contributed by atoms with Crippen LogP contribution in [0.15, 0.2) is 30.3 Å². The standard InChI is InChI=1S/C20H35N/c1-6-7-8-10-13-17(2)21-19(16-20(3,4)5)18-14-11-9-12-15-18/h9,11-12,14-15,17,19,21H,6-8,10,13,16H2,1-5H3. The molecule has 2 atom stereocenters. The van der Waals surface area contributed by atoms with E-state index in [0.717, 1.165) is 0 Å². The van der Waals surface area contributed by atoms with Gasteiger partial charge in [-0.15, -0.1) is 0 Å². The van der Waals surface area contributed by atoms with E-state index in [1.165, 1.54) is 44.1 Å². The van der Waals surface area contributed by atoms with Gasteiger partial charge in [0, 0.05) is 12.1 Å². The third-order valence-corrected chi connectivity index (χ3v) is 3.99. The van der Waals surface area contributed by atoms with E-state index in [9.17, 15) is 0 Å². The highest BCUT2D eigenvalue weighted by atomic mass is 14.9. The SMILES string of the molecule is CCCCCCC(C)NC(CC(C)(C)C)c1ccccc1. The summed E-state index contributed by atoms with van der Waals surface area (Å²) in [7, 11) is 0. The molecule has 0 aromatic heterocycles. The van der Waals surface area contributed by atoms with Crippen LogP contribution in [0.5, 0.6) is 0 Å². The molecule has 1 aromatic rings. The van der Waals surface area contributed by atoms with Gasteiger partial charge in [-0.2, -0.15) is 0 Å². The first-order valence-corrected chi connectivity index (χ1v) is 8.73. The molecule has 0 heterocycles. The van der Waals surface area contributed by atoms with Gasteiger partial charge >= 0.3 is 0 Å². The second-order valence-corrected chi connectivity index (χ2v) is 7.65. The van der Waals surface area contributed by atoms with Crippen molar-refractivity contribution in [3.05, 3.63) is 35.9 Å². The molecule has 21 heavy (non-hydrogen) atoms. The first kappa shape index (κ1) is 18.2. The van der Waals surface area contributed by atoms with E-state index >= 15 is 0 Å². The first-order chi connectivity index (χ1) is 9.92. The number of rotatable bonds is 9. The second-order valence-electron chi connectivity index (χ2n) is 7.65. The lowest BCUT2D eigenvalue weighted by Gasteiger charge is -2.30. The minimum absolute atomic E-state index is 0.343. The van der Waals surface area contributed by atoms with Crippen LogP contribution in [0.1, 0.15) is 84.7 Å². The fourth-order valence-electron chi connectivity index (χ4n) is 2.87. The van der Waals surface area contributed by atoms with Crippen LogP contribution in [0.25, 0.3) is 0 Å². The lowest BCUT2D eigenvalue weighted by Crippen LogP contribution is -2.33. The Morgan fingerprint density at radius 2 is 1.67 bits per heavy atom. The number of hydrogen-bond donors (Lipinski definition) is 1. The van der Waals surface area contributed by atoms with Crippen LogP contribution in [-0.4, -0.2) is 6.04 Å². The fourth-order valence-corrected chi connectivity index (χ4v) is 2.87. The van der Waals surface area contributed by atoms with Gasteiger partial charge < -0.3 is 5.32 Å². The molecule has 2 unspecified atom stereocenters. The van der Waals surface area contributed by atoms with Crippen LogP contribution >= 0.6 is 0 Å². The fraction of sp³-hybridized carbons (Fsp3) is 0.700. The van der Waals surface area contributed by atoms with Gasteiger partial charge in [0.05, 0.1) is 0 Å². The summed E-state index contributed by atoms with van der Waals surface area (Å²) in [4.78, 5) is 0. The Bertz CT molecular complexity index is 363. The topological polar surface area (TPSA) is 12.0 Å². The maximum absolute atomic E-state index is 3.87. The van der Waals surface area contributed by atoms with E-state index in [1.807, 2.05) is 0 Å². The zero-order chi connectivity index (χ0) is 15.7. The third kappa shape index (κ3) is 8.26. The summed E-state index contributed by atoms with van der Waals surface area (Å²) in [6.07, 6.45) is 7.87. The minimum atomic E-state index is 0.343. The Kier molecular flexibility index (Phi) is 8.03. The van der Waals surface area contributed by atoms with Gasteiger partial charge in [0.2, 0.25) is 0 Å². The van der Waals surface area contributed by atoms with Gasteiger partial charge in [0.25, 0.3) is 0 Å². The molecule has 0 spiro atoms. The smallest absolute Gasteiger partial charge is 0.0327 e. The molecule has 0 aliphatic rings. The van der Waals surface area contributed by atoms with Crippen LogP contribution in [0.4, 0.5) is 0 Å². The molecule has 1 rings (SSSR count). The van der Waals surface area contributed by atoms with Crippen molar-refractivity contribution in [2.24, 2.45) is 5.41 Å². The van der Waals surface area contributed by atoms with Crippen molar-refractivity contribution in [2.45, 2.75) is 85.2 Å². The molecule has 120 valence electrons. The maximum atomic E-state index is 3.87. The van der Waals surface area contributed by atoms with Crippen LogP contribution < -0.4 is 5.32 Å². The van der Waals surface area contributed by atoms with Crippen LogP contribution in [-0.2, 0) is 0 Å². The molecular weight excluding hydrogens is 254 g/mol. The summed E-state index contributed by atoms with van der Waals surface area (Å²) in [5, 5.41) is 3.87. The molecule has 1 heteroatoms. The highest BCUT2D eigenvalue weighted by Crippen LogP contribution is 2.30. The minimum Gasteiger partial charge on any atom is -0.307 e. The van der Waals surface area contributed by atoms with E-state index < -0.39 is 0 Å². The van der Waals surface area contributed by atoms with Crippen molar-refractivity contribution < 1.29 is 0 Å². The zero-order valence-electron chi connectivity index (χ0n) is 14.8. The van der Waals surface area contributed by atoms with Crippen molar-refractivity contribution >= 4 is 0 Å². The van der Waals surface area contributed by atoms with E-state index in [4.69, 9.17) is 0 Å². The van der Waals surface area contributed by atoms with Gasteiger partial charge in [-0.25, -0.2) is 0 Å². The zero-order valence-corrected chi connectivity index (χ0v) is 14.8. The lowest BCUT2D eigenvalue weighted by molar-refractivity contribution is 0.291. The molecule has 1 N–H and O–H groups in total. The lowest BCUT2D eigenvalue weighted by atomic mass is 9.85. The average Bonchev–Trinajstić information content (AvgIpc) is 2.42. The number of nitrogens with one attached hydrogen (secondary N) is 1. The molecule has 0 aliphatic carbocycles. The van der Waals surface area contributed by atoms with E-state index in [-0.39, 0.29) is 0 Å². The normalized spacial score (nSPS) is 14.9. The van der Waals surface area contributed by atoms with Crippen molar-refractivity contribution in [3.8, 4) is 0 Å².